The van der Waals surface area contributed by atoms with E-state index in [4.69, 9.17) is 4.74 Å². The van der Waals surface area contributed by atoms with Gasteiger partial charge in [0.25, 0.3) is 0 Å². The molecule has 1 spiro atoms. The van der Waals surface area contributed by atoms with E-state index >= 15 is 0 Å². The molecule has 0 aromatic heterocycles. The van der Waals surface area contributed by atoms with Gasteiger partial charge in [-0.3, -0.25) is 9.59 Å². The van der Waals surface area contributed by atoms with Gasteiger partial charge in [-0.1, -0.05) is 32.6 Å². The minimum Gasteiger partial charge on any atom is -0.380 e. The number of piperazine rings is 1. The van der Waals surface area contributed by atoms with Crippen LogP contribution in [0.4, 0.5) is 0 Å². The van der Waals surface area contributed by atoms with Crippen LogP contribution in [0.15, 0.2) is 0 Å². The van der Waals surface area contributed by atoms with Gasteiger partial charge in [0.2, 0.25) is 11.8 Å². The number of carbonyl (C=O) groups excluding carboxylic acids is 2. The third-order valence-corrected chi connectivity index (χ3v) is 4.73. The van der Waals surface area contributed by atoms with Gasteiger partial charge in [-0.15, -0.1) is 0 Å². The summed E-state index contributed by atoms with van der Waals surface area (Å²) < 4.78 is 5.42. The summed E-state index contributed by atoms with van der Waals surface area (Å²) in [7, 11) is 0. The predicted molar refractivity (Wildman–Crippen MR) is 80.9 cm³/mol. The Morgan fingerprint density at radius 2 is 1.95 bits per heavy atom. The van der Waals surface area contributed by atoms with E-state index < -0.39 is 5.54 Å². The van der Waals surface area contributed by atoms with Crippen molar-refractivity contribution in [3.63, 3.8) is 0 Å². The highest BCUT2D eigenvalue weighted by Gasteiger charge is 2.52. The molecule has 1 aliphatic heterocycles. The molecule has 0 bridgehead atoms. The summed E-state index contributed by atoms with van der Waals surface area (Å²) in [6.07, 6.45) is 6.37. The lowest BCUT2D eigenvalue weighted by atomic mass is 9.77. The van der Waals surface area contributed by atoms with Gasteiger partial charge in [-0.2, -0.15) is 0 Å². The highest BCUT2D eigenvalue weighted by molar-refractivity contribution is 5.99. The summed E-state index contributed by atoms with van der Waals surface area (Å²) in [5.74, 6) is 0.134. The minimum atomic E-state index is -0.614. The van der Waals surface area contributed by atoms with Crippen LogP contribution in [-0.2, 0) is 14.3 Å². The van der Waals surface area contributed by atoms with Gasteiger partial charge in [-0.05, 0) is 26.2 Å². The molecule has 0 aromatic rings. The number of hydrogen-bond donors (Lipinski definition) is 1. The van der Waals surface area contributed by atoms with Crippen molar-refractivity contribution in [2.24, 2.45) is 0 Å². The highest BCUT2D eigenvalue weighted by atomic mass is 16.5. The van der Waals surface area contributed by atoms with Crippen molar-refractivity contribution < 1.29 is 14.3 Å². The average molecular weight is 296 g/mol. The van der Waals surface area contributed by atoms with Crippen molar-refractivity contribution in [3.05, 3.63) is 0 Å². The van der Waals surface area contributed by atoms with Gasteiger partial charge in [0, 0.05) is 13.2 Å². The first-order valence-corrected chi connectivity index (χ1v) is 8.36. The summed E-state index contributed by atoms with van der Waals surface area (Å²) in [4.78, 5) is 27.3. The first kappa shape index (κ1) is 16.3. The molecule has 1 saturated carbocycles. The maximum atomic E-state index is 12.8. The number of amides is 2. The summed E-state index contributed by atoms with van der Waals surface area (Å²) in [6, 6.07) is -0.350. The molecule has 120 valence electrons. The van der Waals surface area contributed by atoms with Crippen molar-refractivity contribution in [2.45, 2.75) is 70.4 Å². The molecule has 21 heavy (non-hydrogen) atoms. The maximum absolute atomic E-state index is 12.8. The molecule has 0 aromatic carbocycles. The van der Waals surface area contributed by atoms with Crippen LogP contribution in [0.25, 0.3) is 0 Å². The van der Waals surface area contributed by atoms with Gasteiger partial charge >= 0.3 is 0 Å². The Labute approximate surface area is 127 Å². The van der Waals surface area contributed by atoms with Crippen LogP contribution in [0.5, 0.6) is 0 Å². The average Bonchev–Trinajstić information content (AvgIpc) is 2.50. The lowest BCUT2D eigenvalue weighted by molar-refractivity contribution is -0.161. The Hall–Kier alpha value is -1.10. The quantitative estimate of drug-likeness (QED) is 0.761. The Balaban J connectivity index is 2.19. The Bertz CT molecular complexity index is 378. The van der Waals surface area contributed by atoms with Crippen molar-refractivity contribution in [3.8, 4) is 0 Å². The second kappa shape index (κ2) is 7.25. The molecule has 1 heterocycles. The largest absolute Gasteiger partial charge is 0.380 e. The van der Waals surface area contributed by atoms with E-state index in [0.717, 1.165) is 38.5 Å². The third-order valence-electron chi connectivity index (χ3n) is 4.73. The SMILES string of the molecule is CCCC1NC(=O)C2(CCCCC2)N(CCOCC)C1=O. The fourth-order valence-corrected chi connectivity index (χ4v) is 3.62. The van der Waals surface area contributed by atoms with Gasteiger partial charge in [-0.25, -0.2) is 0 Å². The summed E-state index contributed by atoms with van der Waals surface area (Å²) in [6.45, 7) is 5.66. The van der Waals surface area contributed by atoms with Crippen molar-refractivity contribution in [1.29, 1.82) is 0 Å². The molecule has 2 fully saturated rings. The first-order chi connectivity index (χ1) is 10.2. The maximum Gasteiger partial charge on any atom is 0.246 e. The zero-order chi connectivity index (χ0) is 15.3. The second-order valence-electron chi connectivity index (χ2n) is 6.09. The number of rotatable bonds is 6. The standard InChI is InChI=1S/C16H28N2O3/c1-3-8-13-14(19)18(11-12-21-4-2)16(15(20)17-13)9-6-5-7-10-16/h13H,3-12H2,1-2H3,(H,17,20). The third kappa shape index (κ3) is 3.23. The van der Waals surface area contributed by atoms with Crippen LogP contribution in [-0.4, -0.2) is 48.1 Å². The predicted octanol–water partition coefficient (Wildman–Crippen LogP) is 1.85. The van der Waals surface area contributed by atoms with Gasteiger partial charge < -0.3 is 15.0 Å². The van der Waals surface area contributed by atoms with Crippen LogP contribution in [0.1, 0.15) is 58.8 Å². The van der Waals surface area contributed by atoms with Crippen LogP contribution >= 0.6 is 0 Å². The van der Waals surface area contributed by atoms with Gasteiger partial charge in [0.1, 0.15) is 11.6 Å². The van der Waals surface area contributed by atoms with E-state index in [1.807, 2.05) is 18.7 Å². The van der Waals surface area contributed by atoms with E-state index in [0.29, 0.717) is 26.2 Å². The number of nitrogens with zero attached hydrogens (tertiary/aromatic N) is 1. The Morgan fingerprint density at radius 3 is 2.57 bits per heavy atom. The van der Waals surface area contributed by atoms with Gasteiger partial charge in [0.05, 0.1) is 6.61 Å². The summed E-state index contributed by atoms with van der Waals surface area (Å²) in [5, 5.41) is 2.98. The number of nitrogens with one attached hydrogen (secondary N) is 1. The molecule has 1 aliphatic carbocycles. The van der Waals surface area contributed by atoms with Crippen molar-refractivity contribution in [1.82, 2.24) is 10.2 Å². The molecule has 1 unspecified atom stereocenters. The molecule has 1 N–H and O–H groups in total. The first-order valence-electron chi connectivity index (χ1n) is 8.36. The molecule has 2 rings (SSSR count). The van der Waals surface area contributed by atoms with E-state index in [1.54, 1.807) is 0 Å². The molecule has 1 atom stereocenters. The summed E-state index contributed by atoms with van der Waals surface area (Å²) >= 11 is 0. The van der Waals surface area contributed by atoms with Crippen LogP contribution in [0.3, 0.4) is 0 Å². The topological polar surface area (TPSA) is 58.6 Å². The van der Waals surface area contributed by atoms with Gasteiger partial charge in [0.15, 0.2) is 0 Å². The molecule has 0 radical (unpaired) electrons. The van der Waals surface area contributed by atoms with E-state index in [2.05, 4.69) is 5.32 Å². The van der Waals surface area contributed by atoms with E-state index in [-0.39, 0.29) is 17.9 Å². The normalized spacial score (nSPS) is 25.2. The number of ether oxygens (including phenoxy) is 1. The van der Waals surface area contributed by atoms with Crippen molar-refractivity contribution in [2.75, 3.05) is 19.8 Å². The van der Waals surface area contributed by atoms with Crippen LogP contribution in [0, 0.1) is 0 Å². The molecule has 2 aliphatic rings. The minimum absolute atomic E-state index is 0.0525. The Kier molecular flexibility index (Phi) is 5.62. The smallest absolute Gasteiger partial charge is 0.246 e. The molecule has 2 amide bonds. The van der Waals surface area contributed by atoms with Crippen LogP contribution in [0.2, 0.25) is 0 Å². The summed E-state index contributed by atoms with van der Waals surface area (Å²) in [5.41, 5.74) is -0.614. The molecule has 5 heteroatoms. The lowest BCUT2D eigenvalue weighted by Crippen LogP contribution is -2.71. The lowest BCUT2D eigenvalue weighted by Gasteiger charge is -2.50. The fourth-order valence-electron chi connectivity index (χ4n) is 3.62. The van der Waals surface area contributed by atoms with E-state index in [1.165, 1.54) is 0 Å². The zero-order valence-electron chi connectivity index (χ0n) is 13.3. The number of hydrogen-bond acceptors (Lipinski definition) is 3. The fraction of sp³-hybridized carbons (Fsp3) is 0.875. The molecule has 5 nitrogen and oxygen atoms in total. The number of carbonyl (C=O) groups is 2. The molecular weight excluding hydrogens is 268 g/mol. The van der Waals surface area contributed by atoms with Crippen molar-refractivity contribution >= 4 is 11.8 Å². The molecular formula is C16H28N2O3. The second-order valence-corrected chi connectivity index (χ2v) is 6.09. The zero-order valence-corrected chi connectivity index (χ0v) is 13.3. The molecule has 1 saturated heterocycles. The highest BCUT2D eigenvalue weighted by Crippen LogP contribution is 2.37. The van der Waals surface area contributed by atoms with Crippen LogP contribution < -0.4 is 5.32 Å². The Morgan fingerprint density at radius 1 is 1.24 bits per heavy atom. The van der Waals surface area contributed by atoms with E-state index in [9.17, 15) is 9.59 Å². The monoisotopic (exact) mass is 296 g/mol.